The molecule has 0 aromatic carbocycles. The maximum atomic E-state index is 13.2. The van der Waals surface area contributed by atoms with Gasteiger partial charge in [-0.05, 0) is 98.2 Å². The van der Waals surface area contributed by atoms with Crippen molar-refractivity contribution >= 4 is 5.91 Å². The summed E-state index contributed by atoms with van der Waals surface area (Å²) in [5, 5.41) is 10.3. The lowest BCUT2D eigenvalue weighted by Gasteiger charge is -2.58. The summed E-state index contributed by atoms with van der Waals surface area (Å²) < 4.78 is 5.98. The number of piperidine rings is 1. The fraction of sp³-hybridized carbons (Fsp3) is 0.788. The van der Waals surface area contributed by atoms with Crippen LogP contribution in [0.4, 0.5) is 0 Å². The average molecular weight is 536 g/mol. The van der Waals surface area contributed by atoms with Gasteiger partial charge in [-0.3, -0.25) is 4.79 Å². The Morgan fingerprint density at radius 2 is 1.95 bits per heavy atom. The van der Waals surface area contributed by atoms with Gasteiger partial charge in [0.25, 0.3) is 0 Å². The van der Waals surface area contributed by atoms with Gasteiger partial charge in [0.2, 0.25) is 11.8 Å². The zero-order chi connectivity index (χ0) is 27.2. The van der Waals surface area contributed by atoms with Gasteiger partial charge < -0.3 is 14.7 Å². The number of aromatic nitrogens is 2. The highest BCUT2D eigenvalue weighted by Gasteiger charge is 2.59. The lowest BCUT2D eigenvalue weighted by Crippen LogP contribution is -2.50. The third-order valence-electron chi connectivity index (χ3n) is 12.3. The summed E-state index contributed by atoms with van der Waals surface area (Å²) in [5.41, 5.74) is 2.29. The van der Waals surface area contributed by atoms with Crippen LogP contribution in [0.3, 0.4) is 0 Å². The number of nitrogens with zero attached hydrogens (tertiary/aromatic N) is 3. The van der Waals surface area contributed by atoms with E-state index in [4.69, 9.17) is 4.74 Å². The first kappa shape index (κ1) is 27.2. The summed E-state index contributed by atoms with van der Waals surface area (Å²) in [6, 6.07) is 1.79. The number of aliphatic hydroxyl groups is 1. The molecule has 4 fully saturated rings. The van der Waals surface area contributed by atoms with Crippen LogP contribution in [0.5, 0.6) is 5.88 Å². The number of hydrogen-bond donors (Lipinski definition) is 1. The van der Waals surface area contributed by atoms with E-state index in [1.54, 1.807) is 17.8 Å². The Kier molecular flexibility index (Phi) is 7.54. The predicted octanol–water partition coefficient (Wildman–Crippen LogP) is 6.20. The molecule has 1 aromatic heterocycles. The van der Waals surface area contributed by atoms with Crippen LogP contribution >= 0.6 is 0 Å². The largest absolute Gasteiger partial charge is 0.474 e. The van der Waals surface area contributed by atoms with Crippen LogP contribution in [0.2, 0.25) is 0 Å². The van der Waals surface area contributed by atoms with Crippen molar-refractivity contribution in [3.05, 3.63) is 30.2 Å². The summed E-state index contributed by atoms with van der Waals surface area (Å²) in [7, 11) is 0. The summed E-state index contributed by atoms with van der Waals surface area (Å²) >= 11 is 0. The van der Waals surface area contributed by atoms with Crippen molar-refractivity contribution in [2.24, 2.45) is 40.4 Å². The minimum absolute atomic E-state index is 0.125. The number of likely N-dealkylation sites (tertiary alicyclic amines) is 1. The molecule has 1 N–H and O–H groups in total. The molecular formula is C33H49N3O3. The summed E-state index contributed by atoms with van der Waals surface area (Å²) in [5.74, 6) is 4.68. The SMILES string of the molecule is C[C@H](CCC(=O)N1CCC(Oc2ccncn2)CC1)[C@H]1CC[C@H]2[C@@H]3CC=C4C[C@@H](O)CC[C@]4(C)[C@H]3CC[C@]12C. The minimum atomic E-state index is -0.127. The maximum Gasteiger partial charge on any atom is 0.222 e. The minimum Gasteiger partial charge on any atom is -0.474 e. The standard InChI is InChI=1S/C33H49N3O3/c1-22(4-9-31(38)36-18-13-25(14-19-36)39-30-12-17-34-21-35-30)27-7-8-28-26-6-5-23-20-24(37)10-15-32(23,2)29(26)11-16-33(27,28)3/h5,12,17,21-22,24-29,37H,4,6-11,13-16,18-20H2,1-3H3/t22-,24+,26+,27-,28+,29+,32+,33-/m1/s1. The molecule has 6 rings (SSSR count). The van der Waals surface area contributed by atoms with Crippen LogP contribution in [0, 0.1) is 40.4 Å². The van der Waals surface area contributed by atoms with Gasteiger partial charge >= 0.3 is 0 Å². The van der Waals surface area contributed by atoms with Gasteiger partial charge in [0, 0.05) is 44.6 Å². The van der Waals surface area contributed by atoms with Crippen molar-refractivity contribution in [3.63, 3.8) is 0 Å². The molecule has 0 unspecified atom stereocenters. The molecule has 39 heavy (non-hydrogen) atoms. The van der Waals surface area contributed by atoms with Crippen molar-refractivity contribution in [3.8, 4) is 5.88 Å². The molecule has 2 heterocycles. The Balaban J connectivity index is 1.02. The molecular weight excluding hydrogens is 486 g/mol. The summed E-state index contributed by atoms with van der Waals surface area (Å²) in [6.07, 6.45) is 18.8. The van der Waals surface area contributed by atoms with Gasteiger partial charge in [-0.25, -0.2) is 9.97 Å². The quantitative estimate of drug-likeness (QED) is 0.439. The lowest BCUT2D eigenvalue weighted by molar-refractivity contribution is -0.133. The molecule has 3 saturated carbocycles. The highest BCUT2D eigenvalue weighted by Crippen LogP contribution is 2.67. The number of hydrogen-bond acceptors (Lipinski definition) is 5. The van der Waals surface area contributed by atoms with E-state index in [9.17, 15) is 9.90 Å². The van der Waals surface area contributed by atoms with Crippen LogP contribution in [0.25, 0.3) is 0 Å². The normalized spacial score (nSPS) is 39.2. The molecule has 6 heteroatoms. The number of carbonyl (C=O) groups is 1. The first-order valence-electron chi connectivity index (χ1n) is 15.9. The van der Waals surface area contributed by atoms with Gasteiger partial charge in [0.1, 0.15) is 12.4 Å². The summed E-state index contributed by atoms with van der Waals surface area (Å²) in [6.45, 7) is 9.12. The Hall–Kier alpha value is -1.95. The van der Waals surface area contributed by atoms with Gasteiger partial charge in [-0.15, -0.1) is 0 Å². The number of fused-ring (bicyclic) bond motifs is 5. The van der Waals surface area contributed by atoms with Crippen LogP contribution in [0.15, 0.2) is 30.2 Å². The van der Waals surface area contributed by atoms with Crippen molar-refractivity contribution in [1.82, 2.24) is 14.9 Å². The Labute approximate surface area is 235 Å². The molecule has 5 aliphatic rings. The van der Waals surface area contributed by atoms with Crippen molar-refractivity contribution < 1.29 is 14.6 Å². The number of carbonyl (C=O) groups excluding carboxylic acids is 1. The number of allylic oxidation sites excluding steroid dienone is 1. The highest BCUT2D eigenvalue weighted by atomic mass is 16.5. The topological polar surface area (TPSA) is 75.6 Å². The monoisotopic (exact) mass is 535 g/mol. The first-order valence-corrected chi connectivity index (χ1v) is 15.9. The fourth-order valence-electron chi connectivity index (χ4n) is 10.1. The van der Waals surface area contributed by atoms with E-state index < -0.39 is 0 Å². The number of aliphatic hydroxyl groups excluding tert-OH is 1. The van der Waals surface area contributed by atoms with E-state index in [1.165, 1.54) is 38.4 Å². The van der Waals surface area contributed by atoms with Gasteiger partial charge in [0.15, 0.2) is 0 Å². The van der Waals surface area contributed by atoms with E-state index in [-0.39, 0.29) is 12.2 Å². The Morgan fingerprint density at radius 1 is 1.13 bits per heavy atom. The lowest BCUT2D eigenvalue weighted by atomic mass is 9.47. The third-order valence-corrected chi connectivity index (χ3v) is 12.3. The smallest absolute Gasteiger partial charge is 0.222 e. The maximum absolute atomic E-state index is 13.2. The van der Waals surface area contributed by atoms with E-state index in [2.05, 4.69) is 41.7 Å². The second-order valence-corrected chi connectivity index (χ2v) is 14.1. The van der Waals surface area contributed by atoms with E-state index >= 15 is 0 Å². The zero-order valence-electron chi connectivity index (χ0n) is 24.4. The number of ether oxygens (including phenoxy) is 1. The predicted molar refractivity (Wildman–Crippen MR) is 152 cm³/mol. The molecule has 4 aliphatic carbocycles. The molecule has 1 saturated heterocycles. The van der Waals surface area contributed by atoms with E-state index in [1.807, 2.05) is 0 Å². The number of rotatable bonds is 6. The fourth-order valence-corrected chi connectivity index (χ4v) is 10.1. The van der Waals surface area contributed by atoms with Crippen molar-refractivity contribution in [2.75, 3.05) is 13.1 Å². The van der Waals surface area contributed by atoms with Crippen LogP contribution in [-0.4, -0.2) is 51.2 Å². The Morgan fingerprint density at radius 3 is 2.72 bits per heavy atom. The average Bonchev–Trinajstić information content (AvgIpc) is 3.30. The highest BCUT2D eigenvalue weighted by molar-refractivity contribution is 5.76. The molecule has 1 aliphatic heterocycles. The van der Waals surface area contributed by atoms with Crippen molar-refractivity contribution in [1.29, 1.82) is 0 Å². The molecule has 1 amide bonds. The molecule has 0 bridgehead atoms. The molecule has 0 radical (unpaired) electrons. The molecule has 214 valence electrons. The van der Waals surface area contributed by atoms with E-state index in [0.29, 0.717) is 35.0 Å². The Bertz CT molecular complexity index is 1050. The summed E-state index contributed by atoms with van der Waals surface area (Å²) in [4.78, 5) is 23.3. The zero-order valence-corrected chi connectivity index (χ0v) is 24.4. The van der Waals surface area contributed by atoms with Crippen LogP contribution < -0.4 is 4.74 Å². The molecule has 6 nitrogen and oxygen atoms in total. The van der Waals surface area contributed by atoms with Crippen molar-refractivity contribution in [2.45, 2.75) is 110 Å². The molecule has 1 aromatic rings. The molecule has 0 spiro atoms. The molecule has 8 atom stereocenters. The van der Waals surface area contributed by atoms with Crippen LogP contribution in [-0.2, 0) is 4.79 Å². The van der Waals surface area contributed by atoms with Gasteiger partial charge in [0.05, 0.1) is 6.10 Å². The number of amides is 1. The van der Waals surface area contributed by atoms with E-state index in [0.717, 1.165) is 75.3 Å². The second-order valence-electron chi connectivity index (χ2n) is 14.1. The van der Waals surface area contributed by atoms with Gasteiger partial charge in [-0.2, -0.15) is 0 Å². The van der Waals surface area contributed by atoms with Crippen LogP contribution in [0.1, 0.15) is 97.8 Å². The third kappa shape index (κ3) is 5.04. The second kappa shape index (κ2) is 10.8. The van der Waals surface area contributed by atoms with Gasteiger partial charge in [-0.1, -0.05) is 32.4 Å². The first-order chi connectivity index (χ1) is 18.8.